The molecule has 0 aliphatic rings. The molecule has 2 aromatic carbocycles. The van der Waals surface area contributed by atoms with Crippen LogP contribution in [0, 0.1) is 0 Å². The summed E-state index contributed by atoms with van der Waals surface area (Å²) in [6.07, 6.45) is 1.57. The van der Waals surface area contributed by atoms with Gasteiger partial charge in [0.05, 0.1) is 6.54 Å². The number of nitrogens with zero attached hydrogens (tertiary/aromatic N) is 3. The highest BCUT2D eigenvalue weighted by atomic mass is 16.5. The number of rotatable bonds is 8. The van der Waals surface area contributed by atoms with Crippen LogP contribution in [0.25, 0.3) is 0 Å². The summed E-state index contributed by atoms with van der Waals surface area (Å²) in [6, 6.07) is 24.4. The van der Waals surface area contributed by atoms with Crippen molar-refractivity contribution in [1.82, 2.24) is 14.8 Å². The van der Waals surface area contributed by atoms with Crippen LogP contribution in [0.3, 0.4) is 0 Å². The van der Waals surface area contributed by atoms with Gasteiger partial charge in [-0.2, -0.15) is 5.10 Å². The maximum atomic E-state index is 12.8. The molecule has 2 heterocycles. The fraction of sp³-hybridized carbons (Fsp3) is 0.0833. The summed E-state index contributed by atoms with van der Waals surface area (Å²) in [6.45, 7) is 0.434. The van der Waals surface area contributed by atoms with Gasteiger partial charge in [-0.25, -0.2) is 9.67 Å². The minimum absolute atomic E-state index is 0.0822. The van der Waals surface area contributed by atoms with Crippen molar-refractivity contribution in [2.24, 2.45) is 0 Å². The van der Waals surface area contributed by atoms with E-state index in [1.165, 1.54) is 16.8 Å². The second-order valence-corrected chi connectivity index (χ2v) is 6.67. The molecule has 0 bridgehead atoms. The first-order valence-electron chi connectivity index (χ1n) is 9.94. The Morgan fingerprint density at radius 1 is 0.875 bits per heavy atom. The van der Waals surface area contributed by atoms with E-state index in [1.807, 2.05) is 48.5 Å². The lowest BCUT2D eigenvalue weighted by atomic mass is 10.3. The second-order valence-electron chi connectivity index (χ2n) is 6.67. The Bertz CT molecular complexity index is 1240. The van der Waals surface area contributed by atoms with Gasteiger partial charge in [-0.05, 0) is 42.5 Å². The lowest BCUT2D eigenvalue weighted by molar-refractivity contribution is 0.101. The molecule has 4 aromatic rings. The number of ether oxygens (including phenoxy) is 2. The highest BCUT2D eigenvalue weighted by Gasteiger charge is 2.14. The molecule has 0 radical (unpaired) electrons. The third kappa shape index (κ3) is 5.37. The Morgan fingerprint density at radius 2 is 1.59 bits per heavy atom. The monoisotopic (exact) mass is 428 g/mol. The first-order valence-corrected chi connectivity index (χ1v) is 9.94. The minimum atomic E-state index is -0.492. The SMILES string of the molecule is O=C(Nc1cccnc1Oc1ccccc1)c1ccc(=O)n(CCOc2ccccc2)n1. The first kappa shape index (κ1) is 20.8. The summed E-state index contributed by atoms with van der Waals surface area (Å²) in [5.74, 6) is 1.04. The molecule has 8 nitrogen and oxygen atoms in total. The van der Waals surface area contributed by atoms with Crippen LogP contribution in [-0.4, -0.2) is 27.3 Å². The van der Waals surface area contributed by atoms with Crippen molar-refractivity contribution in [1.29, 1.82) is 0 Å². The predicted octanol–water partition coefficient (Wildman–Crippen LogP) is 3.76. The van der Waals surface area contributed by atoms with Crippen LogP contribution in [0.15, 0.2) is 95.9 Å². The molecule has 0 fully saturated rings. The Balaban J connectivity index is 1.45. The van der Waals surface area contributed by atoms with Gasteiger partial charge < -0.3 is 14.8 Å². The minimum Gasteiger partial charge on any atom is -0.492 e. The number of para-hydroxylation sites is 2. The zero-order valence-corrected chi connectivity index (χ0v) is 17.0. The Hall–Kier alpha value is -4.46. The van der Waals surface area contributed by atoms with Crippen molar-refractivity contribution in [3.05, 3.63) is 107 Å². The van der Waals surface area contributed by atoms with Gasteiger partial charge in [-0.15, -0.1) is 0 Å². The van der Waals surface area contributed by atoms with Crippen LogP contribution < -0.4 is 20.3 Å². The van der Waals surface area contributed by atoms with E-state index < -0.39 is 5.91 Å². The predicted molar refractivity (Wildman–Crippen MR) is 119 cm³/mol. The quantitative estimate of drug-likeness (QED) is 0.459. The van der Waals surface area contributed by atoms with Gasteiger partial charge in [0.1, 0.15) is 29.5 Å². The summed E-state index contributed by atoms with van der Waals surface area (Å²) in [5.41, 5.74) is 0.139. The van der Waals surface area contributed by atoms with Gasteiger partial charge in [-0.1, -0.05) is 36.4 Å². The number of anilines is 1. The van der Waals surface area contributed by atoms with Gasteiger partial charge >= 0.3 is 0 Å². The van der Waals surface area contributed by atoms with Crippen molar-refractivity contribution in [3.8, 4) is 17.4 Å². The van der Waals surface area contributed by atoms with E-state index in [0.29, 0.717) is 17.2 Å². The molecule has 32 heavy (non-hydrogen) atoms. The molecule has 0 saturated carbocycles. The lowest BCUT2D eigenvalue weighted by Crippen LogP contribution is -2.28. The van der Waals surface area contributed by atoms with Crippen molar-refractivity contribution < 1.29 is 14.3 Å². The van der Waals surface area contributed by atoms with E-state index in [1.54, 1.807) is 30.5 Å². The number of hydrogen-bond acceptors (Lipinski definition) is 6. The summed E-state index contributed by atoms with van der Waals surface area (Å²) in [7, 11) is 0. The molecule has 1 amide bonds. The van der Waals surface area contributed by atoms with Crippen molar-refractivity contribution in [2.45, 2.75) is 6.54 Å². The molecule has 0 aliphatic carbocycles. The molecule has 4 rings (SSSR count). The van der Waals surface area contributed by atoms with Crippen molar-refractivity contribution in [2.75, 3.05) is 11.9 Å². The van der Waals surface area contributed by atoms with Gasteiger partial charge in [0.15, 0.2) is 0 Å². The van der Waals surface area contributed by atoms with Crippen LogP contribution in [0.5, 0.6) is 17.4 Å². The number of carbonyl (C=O) groups is 1. The standard InChI is InChI=1S/C24H20N4O4/c29-22-14-13-20(27-28(22)16-17-31-18-8-3-1-4-9-18)23(30)26-21-12-7-15-25-24(21)32-19-10-5-2-6-11-19/h1-15H,16-17H2,(H,26,30). The number of carbonyl (C=O) groups excluding carboxylic acids is 1. The van der Waals surface area contributed by atoms with Gasteiger partial charge in [-0.3, -0.25) is 9.59 Å². The molecule has 0 aliphatic heterocycles. The van der Waals surface area contributed by atoms with E-state index in [2.05, 4.69) is 15.4 Å². The van der Waals surface area contributed by atoms with Gasteiger partial charge in [0, 0.05) is 12.3 Å². The molecule has 0 unspecified atom stereocenters. The molecule has 2 aromatic heterocycles. The average Bonchev–Trinajstić information content (AvgIpc) is 2.83. The van der Waals surface area contributed by atoms with Gasteiger partial charge in [0.2, 0.25) is 5.88 Å². The maximum absolute atomic E-state index is 12.8. The number of nitrogens with one attached hydrogen (secondary N) is 1. The summed E-state index contributed by atoms with van der Waals surface area (Å²) in [5, 5.41) is 6.90. The summed E-state index contributed by atoms with van der Waals surface area (Å²) < 4.78 is 12.6. The molecule has 0 atom stereocenters. The van der Waals surface area contributed by atoms with Crippen LogP contribution in [-0.2, 0) is 6.54 Å². The first-order chi connectivity index (χ1) is 15.7. The molecule has 1 N–H and O–H groups in total. The normalized spacial score (nSPS) is 10.4. The molecule has 8 heteroatoms. The third-order valence-electron chi connectivity index (χ3n) is 4.39. The van der Waals surface area contributed by atoms with E-state index in [0.717, 1.165) is 0 Å². The van der Waals surface area contributed by atoms with Crippen molar-refractivity contribution in [3.63, 3.8) is 0 Å². The zero-order valence-electron chi connectivity index (χ0n) is 17.0. The smallest absolute Gasteiger partial charge is 0.276 e. The number of pyridine rings is 1. The second kappa shape index (κ2) is 10.0. The summed E-state index contributed by atoms with van der Waals surface area (Å²) in [4.78, 5) is 29.1. The topological polar surface area (TPSA) is 95.3 Å². The molecule has 160 valence electrons. The fourth-order valence-corrected chi connectivity index (χ4v) is 2.85. The highest BCUT2D eigenvalue weighted by molar-refractivity contribution is 6.03. The molecular weight excluding hydrogens is 408 g/mol. The van der Waals surface area contributed by atoms with Gasteiger partial charge in [0.25, 0.3) is 11.5 Å². The number of hydrogen-bond donors (Lipinski definition) is 1. The number of benzene rings is 2. The van der Waals surface area contributed by atoms with E-state index in [4.69, 9.17) is 9.47 Å². The molecule has 0 saturated heterocycles. The van der Waals surface area contributed by atoms with Crippen molar-refractivity contribution >= 4 is 11.6 Å². The van der Waals surface area contributed by atoms with Crippen LogP contribution in [0.1, 0.15) is 10.5 Å². The average molecular weight is 428 g/mol. The van der Waals surface area contributed by atoms with Crippen LogP contribution in [0.2, 0.25) is 0 Å². The largest absolute Gasteiger partial charge is 0.492 e. The highest BCUT2D eigenvalue weighted by Crippen LogP contribution is 2.26. The van der Waals surface area contributed by atoms with Crippen LogP contribution in [0.4, 0.5) is 5.69 Å². The lowest BCUT2D eigenvalue weighted by Gasteiger charge is -2.11. The van der Waals surface area contributed by atoms with Crippen LogP contribution >= 0.6 is 0 Å². The zero-order chi connectivity index (χ0) is 22.2. The summed E-state index contributed by atoms with van der Waals surface area (Å²) >= 11 is 0. The Morgan fingerprint density at radius 3 is 2.34 bits per heavy atom. The maximum Gasteiger partial charge on any atom is 0.276 e. The number of aromatic nitrogens is 3. The Kier molecular flexibility index (Phi) is 6.52. The third-order valence-corrected chi connectivity index (χ3v) is 4.39. The number of amides is 1. The molecular formula is C24H20N4O4. The molecule has 0 spiro atoms. The fourth-order valence-electron chi connectivity index (χ4n) is 2.85. The van der Waals surface area contributed by atoms with E-state index in [9.17, 15) is 9.59 Å². The Labute approximate surface area is 184 Å². The van der Waals surface area contributed by atoms with E-state index in [-0.39, 0.29) is 30.3 Å². The van der Waals surface area contributed by atoms with E-state index >= 15 is 0 Å².